The standard InChI is InChI=1S/C16H23NO/c1-16(8-3-2-4-9-16)18-15-6-5-13-7-10-17-12-14(13)11-15/h5-6,11,17H,2-4,7-10,12H2,1H3. The van der Waals surface area contributed by atoms with E-state index in [2.05, 4.69) is 30.4 Å². The molecule has 1 aromatic carbocycles. The lowest BCUT2D eigenvalue weighted by Gasteiger charge is -2.34. The minimum atomic E-state index is 0.0641. The second-order valence-electron chi connectivity index (χ2n) is 5.97. The molecule has 1 aliphatic heterocycles. The van der Waals surface area contributed by atoms with E-state index in [0.717, 1.165) is 25.3 Å². The molecule has 0 spiro atoms. The molecule has 0 unspecified atom stereocenters. The fourth-order valence-corrected chi connectivity index (χ4v) is 3.21. The smallest absolute Gasteiger partial charge is 0.120 e. The molecule has 0 bridgehead atoms. The molecule has 0 radical (unpaired) electrons. The van der Waals surface area contributed by atoms with Gasteiger partial charge in [-0.25, -0.2) is 0 Å². The van der Waals surface area contributed by atoms with Crippen molar-refractivity contribution in [3.63, 3.8) is 0 Å². The minimum absolute atomic E-state index is 0.0641. The summed E-state index contributed by atoms with van der Waals surface area (Å²) in [4.78, 5) is 0. The molecule has 3 rings (SSSR count). The third kappa shape index (κ3) is 2.54. The number of hydrogen-bond donors (Lipinski definition) is 1. The molecular weight excluding hydrogens is 222 g/mol. The molecule has 2 heteroatoms. The maximum atomic E-state index is 6.28. The highest BCUT2D eigenvalue weighted by molar-refractivity contribution is 5.37. The van der Waals surface area contributed by atoms with Crippen LogP contribution in [0.15, 0.2) is 18.2 Å². The van der Waals surface area contributed by atoms with Crippen molar-refractivity contribution in [3.8, 4) is 5.75 Å². The van der Waals surface area contributed by atoms with Gasteiger partial charge in [0.15, 0.2) is 0 Å². The van der Waals surface area contributed by atoms with Crippen LogP contribution in [0.3, 0.4) is 0 Å². The Morgan fingerprint density at radius 3 is 2.78 bits per heavy atom. The number of nitrogens with one attached hydrogen (secondary N) is 1. The minimum Gasteiger partial charge on any atom is -0.488 e. The Morgan fingerprint density at radius 1 is 1.11 bits per heavy atom. The molecule has 0 atom stereocenters. The van der Waals surface area contributed by atoms with E-state index in [-0.39, 0.29) is 5.60 Å². The predicted octanol–water partition coefficient (Wildman–Crippen LogP) is 3.43. The first kappa shape index (κ1) is 12.0. The van der Waals surface area contributed by atoms with Gasteiger partial charge < -0.3 is 10.1 Å². The zero-order chi connectivity index (χ0) is 12.4. The number of ether oxygens (including phenoxy) is 1. The highest BCUT2D eigenvalue weighted by Crippen LogP contribution is 2.33. The Labute approximate surface area is 110 Å². The van der Waals surface area contributed by atoms with Gasteiger partial charge in [-0.1, -0.05) is 12.5 Å². The van der Waals surface area contributed by atoms with Gasteiger partial charge >= 0.3 is 0 Å². The summed E-state index contributed by atoms with van der Waals surface area (Å²) in [6, 6.07) is 6.64. The average molecular weight is 245 g/mol. The van der Waals surface area contributed by atoms with Crippen molar-refractivity contribution in [1.82, 2.24) is 5.32 Å². The molecular formula is C16H23NO. The third-order valence-electron chi connectivity index (χ3n) is 4.34. The maximum Gasteiger partial charge on any atom is 0.120 e. The van der Waals surface area contributed by atoms with E-state index in [1.54, 1.807) is 0 Å². The quantitative estimate of drug-likeness (QED) is 0.862. The summed E-state index contributed by atoms with van der Waals surface area (Å²) in [5, 5.41) is 3.43. The van der Waals surface area contributed by atoms with Gasteiger partial charge in [-0.05, 0) is 68.8 Å². The SMILES string of the molecule is CC1(Oc2ccc3c(c2)CNCC3)CCCCC1. The van der Waals surface area contributed by atoms with Crippen LogP contribution in [0, 0.1) is 0 Å². The van der Waals surface area contributed by atoms with Gasteiger partial charge in [-0.3, -0.25) is 0 Å². The van der Waals surface area contributed by atoms with Crippen molar-refractivity contribution in [2.75, 3.05) is 6.54 Å². The van der Waals surface area contributed by atoms with E-state index in [4.69, 9.17) is 4.74 Å². The van der Waals surface area contributed by atoms with Gasteiger partial charge in [-0.2, -0.15) is 0 Å². The van der Waals surface area contributed by atoms with E-state index < -0.39 is 0 Å². The zero-order valence-electron chi connectivity index (χ0n) is 11.3. The Morgan fingerprint density at radius 2 is 1.94 bits per heavy atom. The predicted molar refractivity (Wildman–Crippen MR) is 74.0 cm³/mol. The van der Waals surface area contributed by atoms with Gasteiger partial charge in [0, 0.05) is 6.54 Å². The van der Waals surface area contributed by atoms with Crippen LogP contribution in [-0.2, 0) is 13.0 Å². The highest BCUT2D eigenvalue weighted by atomic mass is 16.5. The molecule has 1 heterocycles. The lowest BCUT2D eigenvalue weighted by molar-refractivity contribution is 0.0486. The molecule has 1 fully saturated rings. The number of rotatable bonds is 2. The molecule has 0 aromatic heterocycles. The van der Waals surface area contributed by atoms with Gasteiger partial charge in [0.2, 0.25) is 0 Å². The lowest BCUT2D eigenvalue weighted by Crippen LogP contribution is -2.34. The zero-order valence-corrected chi connectivity index (χ0v) is 11.3. The van der Waals surface area contributed by atoms with Gasteiger partial charge in [0.1, 0.15) is 11.4 Å². The van der Waals surface area contributed by atoms with Crippen molar-refractivity contribution in [2.45, 2.75) is 57.6 Å². The van der Waals surface area contributed by atoms with Crippen LogP contribution in [0.25, 0.3) is 0 Å². The molecule has 0 amide bonds. The molecule has 18 heavy (non-hydrogen) atoms. The summed E-state index contributed by atoms with van der Waals surface area (Å²) in [7, 11) is 0. The van der Waals surface area contributed by atoms with Gasteiger partial charge in [0.25, 0.3) is 0 Å². The second-order valence-corrected chi connectivity index (χ2v) is 5.97. The van der Waals surface area contributed by atoms with Crippen molar-refractivity contribution >= 4 is 0 Å². The molecule has 1 aromatic rings. The van der Waals surface area contributed by atoms with E-state index >= 15 is 0 Å². The molecule has 1 N–H and O–H groups in total. The fraction of sp³-hybridized carbons (Fsp3) is 0.625. The van der Waals surface area contributed by atoms with Gasteiger partial charge in [0.05, 0.1) is 0 Å². The van der Waals surface area contributed by atoms with Crippen LogP contribution in [0.5, 0.6) is 5.75 Å². The van der Waals surface area contributed by atoms with Crippen molar-refractivity contribution in [3.05, 3.63) is 29.3 Å². The Hall–Kier alpha value is -1.02. The fourth-order valence-electron chi connectivity index (χ4n) is 3.21. The first-order valence-corrected chi connectivity index (χ1v) is 7.27. The summed E-state index contributed by atoms with van der Waals surface area (Å²) >= 11 is 0. The third-order valence-corrected chi connectivity index (χ3v) is 4.34. The Balaban J connectivity index is 1.76. The van der Waals surface area contributed by atoms with E-state index in [9.17, 15) is 0 Å². The Bertz CT molecular complexity index is 421. The molecule has 1 aliphatic carbocycles. The average Bonchev–Trinajstić information content (AvgIpc) is 2.39. The van der Waals surface area contributed by atoms with Crippen LogP contribution in [0.1, 0.15) is 50.2 Å². The summed E-state index contributed by atoms with van der Waals surface area (Å²) in [5.41, 5.74) is 2.96. The molecule has 1 saturated carbocycles. The first-order chi connectivity index (χ1) is 8.75. The molecule has 2 nitrogen and oxygen atoms in total. The second kappa shape index (κ2) is 4.93. The van der Waals surface area contributed by atoms with Crippen LogP contribution >= 0.6 is 0 Å². The summed E-state index contributed by atoms with van der Waals surface area (Å²) < 4.78 is 6.28. The first-order valence-electron chi connectivity index (χ1n) is 7.27. The Kier molecular flexibility index (Phi) is 3.29. The summed E-state index contributed by atoms with van der Waals surface area (Å²) in [6.07, 6.45) is 7.52. The van der Waals surface area contributed by atoms with E-state index in [1.165, 1.54) is 43.2 Å². The van der Waals surface area contributed by atoms with Crippen LogP contribution < -0.4 is 10.1 Å². The molecule has 0 saturated heterocycles. The number of benzene rings is 1. The van der Waals surface area contributed by atoms with Gasteiger partial charge in [-0.15, -0.1) is 0 Å². The lowest BCUT2D eigenvalue weighted by atomic mass is 9.86. The topological polar surface area (TPSA) is 21.3 Å². The van der Waals surface area contributed by atoms with Crippen LogP contribution in [0.2, 0.25) is 0 Å². The summed E-state index contributed by atoms with van der Waals surface area (Å²) in [6.45, 7) is 4.36. The molecule has 2 aliphatic rings. The largest absolute Gasteiger partial charge is 0.488 e. The van der Waals surface area contributed by atoms with Crippen molar-refractivity contribution in [2.24, 2.45) is 0 Å². The van der Waals surface area contributed by atoms with Crippen LogP contribution in [-0.4, -0.2) is 12.1 Å². The van der Waals surface area contributed by atoms with Crippen molar-refractivity contribution < 1.29 is 4.74 Å². The summed E-state index contributed by atoms with van der Waals surface area (Å²) in [5.74, 6) is 1.06. The number of fused-ring (bicyclic) bond motifs is 1. The molecule has 98 valence electrons. The number of hydrogen-bond acceptors (Lipinski definition) is 2. The normalized spacial score (nSPS) is 22.3. The van der Waals surface area contributed by atoms with E-state index in [1.807, 2.05) is 0 Å². The van der Waals surface area contributed by atoms with Crippen molar-refractivity contribution in [1.29, 1.82) is 0 Å². The maximum absolute atomic E-state index is 6.28. The van der Waals surface area contributed by atoms with Crippen LogP contribution in [0.4, 0.5) is 0 Å². The van der Waals surface area contributed by atoms with E-state index in [0.29, 0.717) is 0 Å². The highest BCUT2D eigenvalue weighted by Gasteiger charge is 2.28. The monoisotopic (exact) mass is 245 g/mol.